The summed E-state index contributed by atoms with van der Waals surface area (Å²) < 4.78 is 37.2. The van der Waals surface area contributed by atoms with E-state index >= 15 is 0 Å². The van der Waals surface area contributed by atoms with Gasteiger partial charge in [-0.25, -0.2) is 4.79 Å². The zero-order chi connectivity index (χ0) is 13.8. The van der Waals surface area contributed by atoms with E-state index in [9.17, 15) is 22.8 Å². The first-order valence-electron chi connectivity index (χ1n) is 5.23. The van der Waals surface area contributed by atoms with Crippen LogP contribution >= 0.6 is 0 Å². The maximum atomic E-state index is 12.4. The SMILES string of the molecule is O=C(O)C(=O)CCCc1cccc(C(F)(F)F)c1. The number of halogens is 3. The van der Waals surface area contributed by atoms with Gasteiger partial charge in [0.05, 0.1) is 5.56 Å². The predicted octanol–water partition coefficient (Wildman–Crippen LogP) is 2.68. The molecule has 0 saturated carbocycles. The molecule has 0 bridgehead atoms. The number of carbonyl (C=O) groups is 2. The number of carbonyl (C=O) groups excluding carboxylic acids is 1. The van der Waals surface area contributed by atoms with Crippen molar-refractivity contribution in [3.63, 3.8) is 0 Å². The minimum atomic E-state index is -4.40. The largest absolute Gasteiger partial charge is 0.476 e. The van der Waals surface area contributed by atoms with Crippen molar-refractivity contribution in [3.05, 3.63) is 35.4 Å². The lowest BCUT2D eigenvalue weighted by Gasteiger charge is -2.08. The summed E-state index contributed by atoms with van der Waals surface area (Å²) in [6.45, 7) is 0. The number of carboxylic acids is 1. The van der Waals surface area contributed by atoms with E-state index in [0.29, 0.717) is 5.56 Å². The van der Waals surface area contributed by atoms with E-state index < -0.39 is 23.5 Å². The topological polar surface area (TPSA) is 54.4 Å². The summed E-state index contributed by atoms with van der Waals surface area (Å²) in [6, 6.07) is 4.77. The Morgan fingerprint density at radius 2 is 1.89 bits per heavy atom. The summed E-state index contributed by atoms with van der Waals surface area (Å²) in [4.78, 5) is 21.0. The molecular weight excluding hydrogens is 249 g/mol. The molecule has 0 spiro atoms. The van der Waals surface area contributed by atoms with Crippen molar-refractivity contribution in [3.8, 4) is 0 Å². The average Bonchev–Trinajstić information content (AvgIpc) is 2.28. The summed E-state index contributed by atoms with van der Waals surface area (Å²) >= 11 is 0. The van der Waals surface area contributed by atoms with Gasteiger partial charge in [-0.05, 0) is 24.5 Å². The lowest BCUT2D eigenvalue weighted by Crippen LogP contribution is -2.12. The van der Waals surface area contributed by atoms with E-state index in [4.69, 9.17) is 5.11 Å². The Labute approximate surface area is 101 Å². The minimum absolute atomic E-state index is 0.175. The molecule has 1 N–H and O–H groups in total. The molecule has 3 nitrogen and oxygen atoms in total. The van der Waals surface area contributed by atoms with Crippen LogP contribution in [0.3, 0.4) is 0 Å². The molecule has 1 rings (SSSR count). The van der Waals surface area contributed by atoms with Gasteiger partial charge >= 0.3 is 12.1 Å². The first-order valence-corrected chi connectivity index (χ1v) is 5.23. The maximum absolute atomic E-state index is 12.4. The van der Waals surface area contributed by atoms with Crippen LogP contribution < -0.4 is 0 Å². The lowest BCUT2D eigenvalue weighted by molar-refractivity contribution is -0.149. The van der Waals surface area contributed by atoms with Gasteiger partial charge in [-0.2, -0.15) is 13.2 Å². The van der Waals surface area contributed by atoms with Crippen LogP contribution in [-0.4, -0.2) is 16.9 Å². The standard InChI is InChI=1S/C12H11F3O3/c13-12(14,15)9-5-1-3-8(7-9)4-2-6-10(16)11(17)18/h1,3,5,7H,2,4,6H2,(H,17,18). The second kappa shape index (κ2) is 5.66. The Morgan fingerprint density at radius 3 is 2.44 bits per heavy atom. The van der Waals surface area contributed by atoms with Crippen molar-refractivity contribution in [2.24, 2.45) is 0 Å². The van der Waals surface area contributed by atoms with Crippen LogP contribution in [0.25, 0.3) is 0 Å². The van der Waals surface area contributed by atoms with Gasteiger partial charge < -0.3 is 5.11 Å². The number of aliphatic carboxylic acids is 1. The smallest absolute Gasteiger partial charge is 0.416 e. The van der Waals surface area contributed by atoms with Crippen LogP contribution in [-0.2, 0) is 22.2 Å². The van der Waals surface area contributed by atoms with Gasteiger partial charge in [-0.3, -0.25) is 4.79 Å². The molecule has 18 heavy (non-hydrogen) atoms. The molecule has 1 aromatic carbocycles. The van der Waals surface area contributed by atoms with Crippen LogP contribution in [0, 0.1) is 0 Å². The second-order valence-electron chi connectivity index (χ2n) is 3.78. The van der Waals surface area contributed by atoms with Crippen LogP contribution in [0.4, 0.5) is 13.2 Å². The monoisotopic (exact) mass is 260 g/mol. The molecular formula is C12H11F3O3. The lowest BCUT2D eigenvalue weighted by atomic mass is 10.0. The van der Waals surface area contributed by atoms with Gasteiger partial charge in [-0.1, -0.05) is 18.2 Å². The third kappa shape index (κ3) is 4.20. The molecule has 0 unspecified atom stereocenters. The zero-order valence-electron chi connectivity index (χ0n) is 9.33. The number of benzene rings is 1. The Kier molecular flexibility index (Phi) is 4.47. The molecule has 1 aromatic rings. The highest BCUT2D eigenvalue weighted by Crippen LogP contribution is 2.29. The highest BCUT2D eigenvalue weighted by molar-refractivity contribution is 6.32. The highest BCUT2D eigenvalue weighted by atomic mass is 19.4. The number of carboxylic acid groups (broad SMARTS) is 1. The number of hydrogen-bond acceptors (Lipinski definition) is 2. The van der Waals surface area contributed by atoms with E-state index in [2.05, 4.69) is 0 Å². The van der Waals surface area contributed by atoms with E-state index in [0.717, 1.165) is 12.1 Å². The molecule has 0 amide bonds. The fourth-order valence-corrected chi connectivity index (χ4v) is 1.46. The highest BCUT2D eigenvalue weighted by Gasteiger charge is 2.30. The van der Waals surface area contributed by atoms with Crippen molar-refractivity contribution in [1.29, 1.82) is 0 Å². The molecule has 0 radical (unpaired) electrons. The van der Waals surface area contributed by atoms with E-state index in [-0.39, 0.29) is 19.3 Å². The zero-order valence-corrected chi connectivity index (χ0v) is 9.33. The number of aryl methyl sites for hydroxylation is 1. The van der Waals surface area contributed by atoms with Crippen molar-refractivity contribution in [2.75, 3.05) is 0 Å². The quantitative estimate of drug-likeness (QED) is 0.828. The Balaban J connectivity index is 2.58. The molecule has 0 fully saturated rings. The van der Waals surface area contributed by atoms with Gasteiger partial charge in [0.1, 0.15) is 0 Å². The van der Waals surface area contributed by atoms with Gasteiger partial charge in [0, 0.05) is 6.42 Å². The fourth-order valence-electron chi connectivity index (χ4n) is 1.46. The number of Topliss-reactive ketones (excluding diaryl/α,β-unsaturated/α-hetero) is 1. The van der Waals surface area contributed by atoms with Crippen molar-refractivity contribution >= 4 is 11.8 Å². The first kappa shape index (κ1) is 14.2. The fraction of sp³-hybridized carbons (Fsp3) is 0.333. The molecule has 0 heterocycles. The van der Waals surface area contributed by atoms with Gasteiger partial charge in [0.15, 0.2) is 0 Å². The molecule has 6 heteroatoms. The second-order valence-corrected chi connectivity index (χ2v) is 3.78. The van der Waals surface area contributed by atoms with E-state index in [1.165, 1.54) is 12.1 Å². The maximum Gasteiger partial charge on any atom is 0.416 e. The molecule has 98 valence electrons. The van der Waals surface area contributed by atoms with Gasteiger partial charge in [0.2, 0.25) is 5.78 Å². The third-order valence-corrected chi connectivity index (χ3v) is 2.36. The van der Waals surface area contributed by atoms with E-state index in [1.807, 2.05) is 0 Å². The normalized spacial score (nSPS) is 11.3. The molecule has 0 aliphatic rings. The van der Waals surface area contributed by atoms with Crippen LogP contribution in [0.15, 0.2) is 24.3 Å². The molecule has 0 aromatic heterocycles. The summed E-state index contributed by atoms with van der Waals surface area (Å²) in [5.41, 5.74) is -0.312. The summed E-state index contributed by atoms with van der Waals surface area (Å²) in [5.74, 6) is -2.44. The average molecular weight is 260 g/mol. The molecule has 0 saturated heterocycles. The van der Waals surface area contributed by atoms with Crippen LogP contribution in [0.1, 0.15) is 24.0 Å². The number of hydrogen-bond donors (Lipinski definition) is 1. The predicted molar refractivity (Wildman–Crippen MR) is 57.0 cm³/mol. The Hall–Kier alpha value is -1.85. The number of rotatable bonds is 5. The summed E-state index contributed by atoms with van der Waals surface area (Å²) in [7, 11) is 0. The molecule has 0 atom stereocenters. The number of alkyl halides is 3. The van der Waals surface area contributed by atoms with Crippen molar-refractivity contribution < 1.29 is 27.9 Å². The summed E-state index contributed by atoms with van der Waals surface area (Å²) in [6.07, 6.45) is -4.12. The van der Waals surface area contributed by atoms with Crippen molar-refractivity contribution in [2.45, 2.75) is 25.4 Å². The van der Waals surface area contributed by atoms with Crippen LogP contribution in [0.2, 0.25) is 0 Å². The summed E-state index contributed by atoms with van der Waals surface area (Å²) in [5, 5.41) is 8.33. The number of ketones is 1. The van der Waals surface area contributed by atoms with E-state index in [1.54, 1.807) is 0 Å². The van der Waals surface area contributed by atoms with Gasteiger partial charge in [0.25, 0.3) is 0 Å². The van der Waals surface area contributed by atoms with Gasteiger partial charge in [-0.15, -0.1) is 0 Å². The molecule has 0 aliphatic carbocycles. The minimum Gasteiger partial charge on any atom is -0.476 e. The van der Waals surface area contributed by atoms with Crippen molar-refractivity contribution in [1.82, 2.24) is 0 Å². The van der Waals surface area contributed by atoms with Crippen LogP contribution in [0.5, 0.6) is 0 Å². The molecule has 0 aliphatic heterocycles. The Bertz CT molecular complexity index is 452. The Morgan fingerprint density at radius 1 is 1.22 bits per heavy atom. The third-order valence-electron chi connectivity index (χ3n) is 2.36. The first-order chi connectivity index (χ1) is 8.30.